The van der Waals surface area contributed by atoms with Gasteiger partial charge in [0.15, 0.2) is 0 Å². The van der Waals surface area contributed by atoms with Gasteiger partial charge in [0, 0.05) is 5.56 Å². The number of alkyl halides is 2. The van der Waals surface area contributed by atoms with Gasteiger partial charge in [-0.2, -0.15) is 0 Å². The molecule has 0 saturated heterocycles. The average molecular weight is 272 g/mol. The van der Waals surface area contributed by atoms with Crippen molar-refractivity contribution in [3.05, 3.63) is 26.9 Å². The van der Waals surface area contributed by atoms with E-state index in [1.165, 1.54) is 0 Å². The fraction of sp³-hybridized carbons (Fsp3) is 0.286. The van der Waals surface area contributed by atoms with E-state index in [1.54, 1.807) is 0 Å². The van der Waals surface area contributed by atoms with E-state index < -0.39 is 6.43 Å². The maximum absolute atomic E-state index is 12.3. The van der Waals surface area contributed by atoms with Crippen molar-refractivity contribution in [2.45, 2.75) is 13.0 Å². The smallest absolute Gasteiger partial charge is 0.266 e. The molecule has 0 aliphatic rings. The molecule has 0 atom stereocenters. The van der Waals surface area contributed by atoms with Crippen molar-refractivity contribution >= 4 is 27.5 Å². The SMILES string of the molecule is OCc1cc(C(F)F)c(Cl)nc1Br. The van der Waals surface area contributed by atoms with Crippen molar-refractivity contribution in [3.8, 4) is 0 Å². The maximum Gasteiger partial charge on any atom is 0.266 e. The van der Waals surface area contributed by atoms with Crippen molar-refractivity contribution in [3.63, 3.8) is 0 Å². The summed E-state index contributed by atoms with van der Waals surface area (Å²) in [5.74, 6) is 0. The monoisotopic (exact) mass is 271 g/mol. The van der Waals surface area contributed by atoms with E-state index in [2.05, 4.69) is 20.9 Å². The van der Waals surface area contributed by atoms with Crippen LogP contribution in [0.2, 0.25) is 5.15 Å². The first-order valence-electron chi connectivity index (χ1n) is 3.30. The second kappa shape index (κ2) is 4.30. The number of rotatable bonds is 2. The summed E-state index contributed by atoms with van der Waals surface area (Å²) in [4.78, 5) is 3.61. The van der Waals surface area contributed by atoms with E-state index in [-0.39, 0.29) is 21.9 Å². The Morgan fingerprint density at radius 3 is 2.69 bits per heavy atom. The van der Waals surface area contributed by atoms with Crippen LogP contribution in [0, 0.1) is 0 Å². The summed E-state index contributed by atoms with van der Waals surface area (Å²) in [5, 5.41) is 8.51. The summed E-state index contributed by atoms with van der Waals surface area (Å²) >= 11 is 8.44. The van der Waals surface area contributed by atoms with E-state index in [0.29, 0.717) is 5.56 Å². The number of aliphatic hydroxyl groups excluding tert-OH is 1. The highest BCUT2D eigenvalue weighted by atomic mass is 79.9. The third-order valence-corrected chi connectivity index (χ3v) is 2.42. The van der Waals surface area contributed by atoms with Crippen LogP contribution in [0.1, 0.15) is 17.6 Å². The molecule has 0 saturated carbocycles. The fourth-order valence-electron chi connectivity index (χ4n) is 0.793. The van der Waals surface area contributed by atoms with E-state index in [4.69, 9.17) is 16.7 Å². The summed E-state index contributed by atoms with van der Waals surface area (Å²) in [7, 11) is 0. The Balaban J connectivity index is 3.22. The molecule has 0 bridgehead atoms. The van der Waals surface area contributed by atoms with Gasteiger partial charge >= 0.3 is 0 Å². The van der Waals surface area contributed by atoms with Crippen LogP contribution in [0.5, 0.6) is 0 Å². The molecule has 0 unspecified atom stereocenters. The second-order valence-electron chi connectivity index (χ2n) is 2.28. The lowest BCUT2D eigenvalue weighted by molar-refractivity contribution is 0.150. The van der Waals surface area contributed by atoms with Gasteiger partial charge < -0.3 is 5.11 Å². The molecule has 1 N–H and O–H groups in total. The van der Waals surface area contributed by atoms with E-state index in [9.17, 15) is 8.78 Å². The normalized spacial score (nSPS) is 10.9. The predicted molar refractivity (Wildman–Crippen MR) is 47.8 cm³/mol. The highest BCUT2D eigenvalue weighted by Crippen LogP contribution is 2.29. The fourth-order valence-corrected chi connectivity index (χ4v) is 1.53. The molecule has 2 nitrogen and oxygen atoms in total. The van der Waals surface area contributed by atoms with Crippen molar-refractivity contribution in [1.29, 1.82) is 0 Å². The molecule has 13 heavy (non-hydrogen) atoms. The molecule has 72 valence electrons. The zero-order valence-corrected chi connectivity index (χ0v) is 8.61. The number of hydrogen-bond donors (Lipinski definition) is 1. The van der Waals surface area contributed by atoms with E-state index in [0.717, 1.165) is 6.07 Å². The lowest BCUT2D eigenvalue weighted by Crippen LogP contribution is -1.95. The molecular formula is C7H5BrClF2NO. The van der Waals surface area contributed by atoms with Gasteiger partial charge in [-0.3, -0.25) is 0 Å². The van der Waals surface area contributed by atoms with Crippen LogP contribution in [0.15, 0.2) is 10.7 Å². The van der Waals surface area contributed by atoms with Crippen LogP contribution in [0.4, 0.5) is 8.78 Å². The summed E-state index contributed by atoms with van der Waals surface area (Å²) in [6, 6.07) is 1.13. The molecule has 0 fully saturated rings. The van der Waals surface area contributed by atoms with Crippen LogP contribution in [0.3, 0.4) is 0 Å². The van der Waals surface area contributed by atoms with Crippen molar-refractivity contribution in [2.75, 3.05) is 0 Å². The molecule has 0 aromatic carbocycles. The maximum atomic E-state index is 12.3. The lowest BCUT2D eigenvalue weighted by atomic mass is 10.2. The Morgan fingerprint density at radius 2 is 2.23 bits per heavy atom. The molecule has 1 heterocycles. The highest BCUT2D eigenvalue weighted by molar-refractivity contribution is 9.10. The van der Waals surface area contributed by atoms with Crippen LogP contribution >= 0.6 is 27.5 Å². The Hall–Kier alpha value is -0.260. The number of hydrogen-bond acceptors (Lipinski definition) is 2. The topological polar surface area (TPSA) is 33.1 Å². The first kappa shape index (κ1) is 10.8. The molecule has 1 aromatic heterocycles. The van der Waals surface area contributed by atoms with Gasteiger partial charge in [-0.25, -0.2) is 13.8 Å². The van der Waals surface area contributed by atoms with Gasteiger partial charge in [0.25, 0.3) is 6.43 Å². The van der Waals surface area contributed by atoms with Crippen LogP contribution in [-0.2, 0) is 6.61 Å². The Kier molecular flexibility index (Phi) is 3.58. The Morgan fingerprint density at radius 1 is 1.62 bits per heavy atom. The van der Waals surface area contributed by atoms with Gasteiger partial charge in [-0.15, -0.1) is 0 Å². The standard InChI is InChI=1S/C7H5BrClF2NO/c8-5-3(2-13)1-4(7(10)11)6(9)12-5/h1,7,13H,2H2. The number of aromatic nitrogens is 1. The van der Waals surface area contributed by atoms with Gasteiger partial charge in [-0.1, -0.05) is 11.6 Å². The zero-order chi connectivity index (χ0) is 10.0. The minimum Gasteiger partial charge on any atom is -0.392 e. The number of halogens is 4. The largest absolute Gasteiger partial charge is 0.392 e. The van der Waals surface area contributed by atoms with Gasteiger partial charge in [0.1, 0.15) is 9.76 Å². The van der Waals surface area contributed by atoms with E-state index >= 15 is 0 Å². The third kappa shape index (κ3) is 2.36. The summed E-state index contributed by atoms with van der Waals surface area (Å²) in [5.41, 5.74) is -0.0754. The lowest BCUT2D eigenvalue weighted by Gasteiger charge is -2.06. The predicted octanol–water partition coefficient (Wildman–Crippen LogP) is 2.93. The molecular weight excluding hydrogens is 267 g/mol. The minimum atomic E-state index is -2.68. The number of aliphatic hydroxyl groups is 1. The molecule has 0 aliphatic heterocycles. The van der Waals surface area contributed by atoms with Crippen LogP contribution < -0.4 is 0 Å². The summed E-state index contributed by atoms with van der Waals surface area (Å²) in [6.45, 7) is -0.357. The average Bonchev–Trinajstić information content (AvgIpc) is 2.03. The van der Waals surface area contributed by atoms with E-state index in [1.807, 2.05) is 0 Å². The molecule has 0 aliphatic carbocycles. The Labute approximate surface area is 86.7 Å². The van der Waals surface area contributed by atoms with Crippen LogP contribution in [0.25, 0.3) is 0 Å². The van der Waals surface area contributed by atoms with Crippen LogP contribution in [-0.4, -0.2) is 10.1 Å². The first-order chi connectivity index (χ1) is 6.06. The summed E-state index contributed by atoms with van der Waals surface area (Å²) < 4.78 is 24.8. The van der Waals surface area contributed by atoms with Gasteiger partial charge in [0.2, 0.25) is 0 Å². The zero-order valence-electron chi connectivity index (χ0n) is 6.27. The molecule has 0 spiro atoms. The second-order valence-corrected chi connectivity index (χ2v) is 3.39. The number of pyridine rings is 1. The molecule has 0 radical (unpaired) electrons. The van der Waals surface area contributed by atoms with Crippen molar-refractivity contribution in [2.24, 2.45) is 0 Å². The molecule has 1 rings (SSSR count). The number of nitrogens with zero attached hydrogens (tertiary/aromatic N) is 1. The van der Waals surface area contributed by atoms with Crippen molar-refractivity contribution in [1.82, 2.24) is 4.98 Å². The quantitative estimate of drug-likeness (QED) is 0.840. The third-order valence-electron chi connectivity index (χ3n) is 1.43. The summed E-state index contributed by atoms with van der Waals surface area (Å²) in [6.07, 6.45) is -2.68. The first-order valence-corrected chi connectivity index (χ1v) is 4.47. The minimum absolute atomic E-state index is 0.251. The molecule has 1 aromatic rings. The Bertz CT molecular complexity index is 322. The van der Waals surface area contributed by atoms with Crippen molar-refractivity contribution < 1.29 is 13.9 Å². The van der Waals surface area contributed by atoms with Gasteiger partial charge in [0.05, 0.1) is 12.2 Å². The van der Waals surface area contributed by atoms with Gasteiger partial charge in [-0.05, 0) is 22.0 Å². The highest BCUT2D eigenvalue weighted by Gasteiger charge is 2.15. The molecule has 0 amide bonds. The molecule has 6 heteroatoms.